The minimum absolute atomic E-state index is 0.0305. The fraction of sp³-hybridized carbons (Fsp3) is 0.214. The average molecular weight is 436 g/mol. The molecule has 2 amide bonds. The number of nitrogens with one attached hydrogen (secondary N) is 2. The molecule has 0 aliphatic rings. The van der Waals surface area contributed by atoms with Crippen molar-refractivity contribution in [3.63, 3.8) is 0 Å². The molecule has 24 heavy (non-hydrogen) atoms. The van der Waals surface area contributed by atoms with Gasteiger partial charge in [-0.2, -0.15) is 5.10 Å². The highest BCUT2D eigenvalue weighted by Crippen LogP contribution is 2.31. The van der Waals surface area contributed by atoms with Crippen molar-refractivity contribution in [2.75, 3.05) is 5.32 Å². The maximum atomic E-state index is 12.4. The first-order valence-corrected chi connectivity index (χ1v) is 8.22. The molecule has 1 atom stereocenters. The molecule has 0 saturated carbocycles. The Balaban J connectivity index is 2.40. The summed E-state index contributed by atoms with van der Waals surface area (Å²) >= 11 is 15.2. The molecule has 3 N–H and O–H groups in total. The lowest BCUT2D eigenvalue weighted by atomic mass is 10.1. The summed E-state index contributed by atoms with van der Waals surface area (Å²) in [5.41, 5.74) is 0.374. The Morgan fingerprint density at radius 3 is 2.50 bits per heavy atom. The van der Waals surface area contributed by atoms with Crippen LogP contribution in [0.2, 0.25) is 10.0 Å². The minimum Gasteiger partial charge on any atom is -0.374 e. The molecule has 2 rings (SSSR count). The average Bonchev–Trinajstić information content (AvgIpc) is 2.79. The van der Waals surface area contributed by atoms with E-state index in [-0.39, 0.29) is 27.0 Å². The van der Waals surface area contributed by atoms with Gasteiger partial charge in [0.15, 0.2) is 0 Å². The lowest BCUT2D eigenvalue weighted by Gasteiger charge is -2.15. The Morgan fingerprint density at radius 1 is 1.29 bits per heavy atom. The maximum absolute atomic E-state index is 12.4. The standard InChI is InChI=1S/C14H13BrCl2N4O3/c1-6(22)18-13(23)8-3-7(16)4-9(17)12(8)19-14(24)10-5-11(15)20-21(10)2/h3-6,22H,1-2H3,(H,18,23)(H,19,24). The van der Waals surface area contributed by atoms with Gasteiger partial charge >= 0.3 is 0 Å². The Hall–Kier alpha value is -1.61. The van der Waals surface area contributed by atoms with Gasteiger partial charge < -0.3 is 15.7 Å². The monoisotopic (exact) mass is 434 g/mol. The molecular formula is C14H13BrCl2N4O3. The first-order chi connectivity index (χ1) is 11.2. The molecule has 0 aliphatic carbocycles. The van der Waals surface area contributed by atoms with Crippen LogP contribution in [-0.4, -0.2) is 32.9 Å². The Labute approximate surface area is 156 Å². The number of benzene rings is 1. The number of aromatic nitrogens is 2. The van der Waals surface area contributed by atoms with Gasteiger partial charge in [-0.3, -0.25) is 14.3 Å². The molecule has 7 nitrogen and oxygen atoms in total. The van der Waals surface area contributed by atoms with Gasteiger partial charge in [-0.25, -0.2) is 0 Å². The fourth-order valence-corrected chi connectivity index (χ4v) is 2.96. The molecule has 0 spiro atoms. The summed E-state index contributed by atoms with van der Waals surface area (Å²) in [5, 5.41) is 18.5. The van der Waals surface area contributed by atoms with Crippen molar-refractivity contribution in [1.82, 2.24) is 15.1 Å². The summed E-state index contributed by atoms with van der Waals surface area (Å²) in [7, 11) is 1.60. The molecule has 2 aromatic rings. The Morgan fingerprint density at radius 2 is 1.96 bits per heavy atom. The molecule has 0 saturated heterocycles. The van der Waals surface area contributed by atoms with E-state index in [0.29, 0.717) is 4.60 Å². The third-order valence-corrected chi connectivity index (χ3v) is 3.86. The zero-order valence-electron chi connectivity index (χ0n) is 12.6. The largest absolute Gasteiger partial charge is 0.374 e. The summed E-state index contributed by atoms with van der Waals surface area (Å²) in [6.45, 7) is 1.38. The van der Waals surface area contributed by atoms with E-state index >= 15 is 0 Å². The van der Waals surface area contributed by atoms with E-state index < -0.39 is 18.0 Å². The molecule has 0 fully saturated rings. The summed E-state index contributed by atoms with van der Waals surface area (Å²) in [6.07, 6.45) is -1.08. The normalized spacial score (nSPS) is 11.9. The van der Waals surface area contributed by atoms with Crippen LogP contribution in [0.25, 0.3) is 0 Å². The maximum Gasteiger partial charge on any atom is 0.274 e. The van der Waals surface area contributed by atoms with Gasteiger partial charge in [0.1, 0.15) is 16.5 Å². The van der Waals surface area contributed by atoms with Crippen LogP contribution in [0.3, 0.4) is 0 Å². The topological polar surface area (TPSA) is 96.2 Å². The number of aliphatic hydroxyl groups excluding tert-OH is 1. The molecule has 1 unspecified atom stereocenters. The number of amides is 2. The smallest absolute Gasteiger partial charge is 0.274 e. The Bertz CT molecular complexity index is 808. The number of carbonyl (C=O) groups excluding carboxylic acids is 2. The van der Waals surface area contributed by atoms with Crippen LogP contribution in [0.4, 0.5) is 5.69 Å². The van der Waals surface area contributed by atoms with Gasteiger partial charge in [-0.1, -0.05) is 23.2 Å². The van der Waals surface area contributed by atoms with E-state index in [0.717, 1.165) is 0 Å². The van der Waals surface area contributed by atoms with Crippen LogP contribution in [0.1, 0.15) is 27.8 Å². The van der Waals surface area contributed by atoms with Gasteiger partial charge in [0.25, 0.3) is 11.8 Å². The highest BCUT2D eigenvalue weighted by molar-refractivity contribution is 9.10. The number of rotatable bonds is 4. The zero-order valence-corrected chi connectivity index (χ0v) is 15.7. The summed E-state index contributed by atoms with van der Waals surface area (Å²) < 4.78 is 1.86. The van der Waals surface area contributed by atoms with Crippen molar-refractivity contribution in [2.24, 2.45) is 7.05 Å². The van der Waals surface area contributed by atoms with E-state index in [1.807, 2.05) is 0 Å². The van der Waals surface area contributed by atoms with Crippen LogP contribution < -0.4 is 10.6 Å². The molecular weight excluding hydrogens is 423 g/mol. The predicted octanol–water partition coefficient (Wildman–Crippen LogP) is 2.81. The number of hydrogen-bond donors (Lipinski definition) is 3. The van der Waals surface area contributed by atoms with Gasteiger partial charge in [-0.05, 0) is 35.0 Å². The highest BCUT2D eigenvalue weighted by atomic mass is 79.9. The van der Waals surface area contributed by atoms with Crippen LogP contribution >= 0.6 is 39.1 Å². The van der Waals surface area contributed by atoms with Crippen LogP contribution in [0.5, 0.6) is 0 Å². The summed E-state index contributed by atoms with van der Waals surface area (Å²) in [6, 6.07) is 4.27. The van der Waals surface area contributed by atoms with Gasteiger partial charge in [0.2, 0.25) is 0 Å². The molecule has 0 bridgehead atoms. The molecule has 128 valence electrons. The van der Waals surface area contributed by atoms with Gasteiger partial charge in [0.05, 0.1) is 16.3 Å². The molecule has 1 aromatic heterocycles. The number of aryl methyl sites for hydroxylation is 1. The second-order valence-electron chi connectivity index (χ2n) is 4.89. The third-order valence-electron chi connectivity index (χ3n) is 2.96. The molecule has 1 aromatic carbocycles. The van der Waals surface area contributed by atoms with Crippen LogP contribution in [-0.2, 0) is 7.05 Å². The predicted molar refractivity (Wildman–Crippen MR) is 94.5 cm³/mol. The Kier molecular flexibility index (Phi) is 5.87. The minimum atomic E-state index is -1.08. The third kappa shape index (κ3) is 4.27. The van der Waals surface area contributed by atoms with Crippen molar-refractivity contribution in [3.05, 3.63) is 44.1 Å². The molecule has 0 aliphatic heterocycles. The van der Waals surface area contributed by atoms with Crippen LogP contribution in [0, 0.1) is 0 Å². The van der Waals surface area contributed by atoms with E-state index in [2.05, 4.69) is 31.7 Å². The van der Waals surface area contributed by atoms with Crippen molar-refractivity contribution in [3.8, 4) is 0 Å². The van der Waals surface area contributed by atoms with Gasteiger partial charge in [0, 0.05) is 18.1 Å². The quantitative estimate of drug-likeness (QED) is 0.643. The second-order valence-corrected chi connectivity index (χ2v) is 6.55. The number of carbonyl (C=O) groups is 2. The van der Waals surface area contributed by atoms with E-state index in [1.54, 1.807) is 7.05 Å². The fourth-order valence-electron chi connectivity index (χ4n) is 1.97. The van der Waals surface area contributed by atoms with Crippen molar-refractivity contribution in [2.45, 2.75) is 13.2 Å². The SMILES string of the molecule is CC(O)NC(=O)c1cc(Cl)cc(Cl)c1NC(=O)c1cc(Br)nn1C. The second kappa shape index (κ2) is 7.52. The van der Waals surface area contributed by atoms with Crippen LogP contribution in [0.15, 0.2) is 22.8 Å². The van der Waals surface area contributed by atoms with Crippen molar-refractivity contribution < 1.29 is 14.7 Å². The van der Waals surface area contributed by atoms with Gasteiger partial charge in [-0.15, -0.1) is 0 Å². The lowest BCUT2D eigenvalue weighted by Crippen LogP contribution is -2.33. The van der Waals surface area contributed by atoms with Crippen molar-refractivity contribution in [1.29, 1.82) is 0 Å². The lowest BCUT2D eigenvalue weighted by molar-refractivity contribution is 0.0819. The summed E-state index contributed by atoms with van der Waals surface area (Å²) in [4.78, 5) is 24.6. The number of anilines is 1. The highest BCUT2D eigenvalue weighted by Gasteiger charge is 2.21. The van der Waals surface area contributed by atoms with E-state index in [9.17, 15) is 14.7 Å². The summed E-state index contributed by atoms with van der Waals surface area (Å²) in [5.74, 6) is -1.14. The zero-order chi connectivity index (χ0) is 18.0. The molecule has 0 radical (unpaired) electrons. The van der Waals surface area contributed by atoms with E-state index in [1.165, 1.54) is 29.8 Å². The number of hydrogen-bond acceptors (Lipinski definition) is 4. The first kappa shape index (κ1) is 18.7. The van der Waals surface area contributed by atoms with Crippen molar-refractivity contribution >= 4 is 56.6 Å². The number of aliphatic hydroxyl groups is 1. The molecule has 1 heterocycles. The first-order valence-electron chi connectivity index (χ1n) is 6.68. The number of halogens is 3. The van der Waals surface area contributed by atoms with E-state index in [4.69, 9.17) is 23.2 Å². The number of nitrogens with zero attached hydrogens (tertiary/aromatic N) is 2. The molecule has 10 heteroatoms.